The fourth-order valence-corrected chi connectivity index (χ4v) is 5.07. The van der Waals surface area contributed by atoms with Gasteiger partial charge in [-0.25, -0.2) is 4.39 Å². The summed E-state index contributed by atoms with van der Waals surface area (Å²) in [5, 5.41) is 33.4. The van der Waals surface area contributed by atoms with E-state index in [0.29, 0.717) is 37.6 Å². The van der Waals surface area contributed by atoms with Crippen LogP contribution in [-0.4, -0.2) is 57.7 Å². The van der Waals surface area contributed by atoms with Crippen molar-refractivity contribution < 1.29 is 34.0 Å². The first-order valence-electron chi connectivity index (χ1n) is 10.9. The predicted octanol–water partition coefficient (Wildman–Crippen LogP) is 4.02. The molecule has 9 heteroatoms. The number of rotatable bonds is 13. The molecule has 1 saturated carbocycles. The summed E-state index contributed by atoms with van der Waals surface area (Å²) in [5.74, 6) is -0.574. The van der Waals surface area contributed by atoms with Gasteiger partial charge in [-0.05, 0) is 43.7 Å². The number of hydrogen-bond acceptors (Lipinski definition) is 6. The minimum Gasteiger partial charge on any atom is -0.488 e. The van der Waals surface area contributed by atoms with Crippen molar-refractivity contribution in [3.8, 4) is 5.75 Å². The van der Waals surface area contributed by atoms with Gasteiger partial charge in [0, 0.05) is 25.2 Å². The lowest BCUT2D eigenvalue weighted by molar-refractivity contribution is 0.0801. The van der Waals surface area contributed by atoms with Gasteiger partial charge in [0.05, 0.1) is 17.9 Å². The van der Waals surface area contributed by atoms with Crippen LogP contribution in [0.1, 0.15) is 51.4 Å². The maximum absolute atomic E-state index is 13.6. The van der Waals surface area contributed by atoms with Crippen LogP contribution in [0.5, 0.6) is 5.75 Å². The number of nitrogens with zero attached hydrogens (tertiary/aromatic N) is 1. The molecule has 5 atom stereocenters. The number of aliphatic hydroxyl groups excluding tert-OH is 2. The minimum atomic E-state index is -2.95. The average molecular weight is 459 g/mol. The first-order valence-corrected chi connectivity index (χ1v) is 13.2. The standard InChI is InChI=1S/C22H35FNO6P/c1-31(28,29)13-7-3-2-4-8-18-17(20(24-27)14-21(18)26)12-11-16(25)15-30-22-10-6-5-9-19(22)23/h5-6,9-10,16-18,21,25-27H,2-4,7-8,11-15H2,1H3,(H,28,29)/b24-20-/t16?,17?,18-,21?/m1/s1. The second-order valence-electron chi connectivity index (χ2n) is 8.58. The number of aliphatic hydroxyl groups is 2. The number of oxime groups is 1. The highest BCUT2D eigenvalue weighted by Gasteiger charge is 2.39. The van der Waals surface area contributed by atoms with Crippen molar-refractivity contribution in [2.75, 3.05) is 19.4 Å². The molecule has 0 aliphatic heterocycles. The third kappa shape index (κ3) is 8.89. The number of hydrogen-bond donors (Lipinski definition) is 4. The Bertz CT molecular complexity index is 755. The predicted molar refractivity (Wildman–Crippen MR) is 118 cm³/mol. The third-order valence-corrected chi connectivity index (χ3v) is 7.07. The summed E-state index contributed by atoms with van der Waals surface area (Å²) in [7, 11) is -2.95. The van der Waals surface area contributed by atoms with Gasteiger partial charge < -0.3 is 25.1 Å². The second-order valence-corrected chi connectivity index (χ2v) is 11.1. The Kier molecular flexibility index (Phi) is 10.4. The van der Waals surface area contributed by atoms with Crippen molar-refractivity contribution in [2.45, 2.75) is 63.6 Å². The van der Waals surface area contributed by atoms with E-state index >= 15 is 0 Å². The smallest absolute Gasteiger partial charge is 0.197 e. The molecule has 4 N–H and O–H groups in total. The molecule has 1 fully saturated rings. The molecule has 0 radical (unpaired) electrons. The summed E-state index contributed by atoms with van der Waals surface area (Å²) < 4.78 is 30.3. The molecule has 0 aromatic heterocycles. The highest BCUT2D eigenvalue weighted by atomic mass is 31.2. The zero-order valence-electron chi connectivity index (χ0n) is 18.1. The molecule has 31 heavy (non-hydrogen) atoms. The molecular weight excluding hydrogens is 424 g/mol. The van der Waals surface area contributed by atoms with Crippen molar-refractivity contribution in [3.63, 3.8) is 0 Å². The van der Waals surface area contributed by atoms with Crippen LogP contribution in [0, 0.1) is 17.7 Å². The van der Waals surface area contributed by atoms with Crippen LogP contribution in [0.4, 0.5) is 4.39 Å². The van der Waals surface area contributed by atoms with E-state index in [0.717, 1.165) is 25.7 Å². The highest BCUT2D eigenvalue weighted by Crippen LogP contribution is 2.38. The number of unbranched alkanes of at least 4 members (excludes halogenated alkanes) is 3. The monoisotopic (exact) mass is 459 g/mol. The van der Waals surface area contributed by atoms with E-state index in [1.54, 1.807) is 12.1 Å². The molecule has 1 aliphatic rings. The Morgan fingerprint density at radius 3 is 2.61 bits per heavy atom. The van der Waals surface area contributed by atoms with Crippen LogP contribution >= 0.6 is 7.37 Å². The lowest BCUT2D eigenvalue weighted by Gasteiger charge is -2.23. The van der Waals surface area contributed by atoms with Crippen LogP contribution in [0.2, 0.25) is 0 Å². The van der Waals surface area contributed by atoms with E-state index in [9.17, 15) is 29.3 Å². The Morgan fingerprint density at radius 2 is 1.94 bits per heavy atom. The normalized spacial score (nSPS) is 25.5. The molecule has 0 spiro atoms. The molecule has 0 bridgehead atoms. The SMILES string of the molecule is CP(=O)(O)CCCCCC[C@H]1C(O)C/C(=N/O)C1CCC(O)COc1ccccc1F. The first kappa shape index (κ1) is 25.8. The van der Waals surface area contributed by atoms with Crippen LogP contribution < -0.4 is 4.74 Å². The number of halogens is 1. The van der Waals surface area contributed by atoms with Crippen molar-refractivity contribution in [2.24, 2.45) is 17.0 Å². The van der Waals surface area contributed by atoms with E-state index < -0.39 is 25.4 Å². The highest BCUT2D eigenvalue weighted by molar-refractivity contribution is 7.57. The van der Waals surface area contributed by atoms with Crippen LogP contribution in [0.15, 0.2) is 29.4 Å². The molecule has 7 nitrogen and oxygen atoms in total. The number of para-hydroxylation sites is 1. The molecular formula is C22H35FNO6P. The van der Waals surface area contributed by atoms with Gasteiger partial charge in [-0.3, -0.25) is 4.57 Å². The van der Waals surface area contributed by atoms with Gasteiger partial charge in [0.2, 0.25) is 0 Å². The largest absolute Gasteiger partial charge is 0.488 e. The summed E-state index contributed by atoms with van der Waals surface area (Å²) in [5.41, 5.74) is 0.548. The zero-order valence-corrected chi connectivity index (χ0v) is 19.0. The van der Waals surface area contributed by atoms with Crippen LogP contribution in [-0.2, 0) is 4.57 Å². The molecule has 0 saturated heterocycles. The fourth-order valence-electron chi connectivity index (χ4n) is 4.26. The van der Waals surface area contributed by atoms with Crippen molar-refractivity contribution in [1.82, 2.24) is 0 Å². The van der Waals surface area contributed by atoms with Crippen molar-refractivity contribution >= 4 is 13.1 Å². The van der Waals surface area contributed by atoms with Gasteiger partial charge in [0.25, 0.3) is 0 Å². The Balaban J connectivity index is 1.78. The number of benzene rings is 1. The van der Waals surface area contributed by atoms with Crippen molar-refractivity contribution in [1.29, 1.82) is 0 Å². The molecule has 4 unspecified atom stereocenters. The minimum absolute atomic E-state index is 0.0430. The molecule has 1 aliphatic carbocycles. The van der Waals surface area contributed by atoms with Gasteiger partial charge in [0.15, 0.2) is 18.9 Å². The Hall–Kier alpha value is -1.47. The number of ether oxygens (including phenoxy) is 1. The van der Waals surface area contributed by atoms with Gasteiger partial charge in [0.1, 0.15) is 6.61 Å². The topological polar surface area (TPSA) is 120 Å². The van der Waals surface area contributed by atoms with Crippen molar-refractivity contribution in [3.05, 3.63) is 30.1 Å². The average Bonchev–Trinajstić information content (AvgIpc) is 3.02. The lowest BCUT2D eigenvalue weighted by atomic mass is 9.85. The molecule has 0 amide bonds. The maximum atomic E-state index is 13.6. The maximum Gasteiger partial charge on any atom is 0.197 e. The Morgan fingerprint density at radius 1 is 1.23 bits per heavy atom. The third-order valence-electron chi connectivity index (χ3n) is 5.93. The van der Waals surface area contributed by atoms with Gasteiger partial charge in [-0.15, -0.1) is 0 Å². The lowest BCUT2D eigenvalue weighted by Crippen LogP contribution is -2.24. The molecule has 1 aromatic carbocycles. The zero-order chi connectivity index (χ0) is 22.9. The van der Waals surface area contributed by atoms with E-state index in [4.69, 9.17) is 4.74 Å². The van der Waals surface area contributed by atoms with E-state index in [-0.39, 0.29) is 24.2 Å². The molecule has 2 rings (SSSR count). The van der Waals surface area contributed by atoms with E-state index in [1.807, 2.05) is 0 Å². The van der Waals surface area contributed by atoms with Gasteiger partial charge in [-0.2, -0.15) is 0 Å². The molecule has 176 valence electrons. The first-order chi connectivity index (χ1) is 14.7. The molecule has 0 heterocycles. The fraction of sp³-hybridized carbons (Fsp3) is 0.682. The Labute approximate surface area is 183 Å². The van der Waals surface area contributed by atoms with Crippen LogP contribution in [0.3, 0.4) is 0 Å². The summed E-state index contributed by atoms with van der Waals surface area (Å²) in [6.45, 7) is 1.33. The summed E-state index contributed by atoms with van der Waals surface area (Å²) in [6.07, 6.45) is 4.27. The quantitative estimate of drug-likeness (QED) is 0.153. The van der Waals surface area contributed by atoms with E-state index in [1.165, 1.54) is 18.8 Å². The van der Waals surface area contributed by atoms with Crippen LogP contribution in [0.25, 0.3) is 0 Å². The van der Waals surface area contributed by atoms with Gasteiger partial charge >= 0.3 is 0 Å². The summed E-state index contributed by atoms with van der Waals surface area (Å²) in [6, 6.07) is 6.02. The van der Waals surface area contributed by atoms with Gasteiger partial charge in [-0.1, -0.05) is 36.6 Å². The van der Waals surface area contributed by atoms with E-state index in [2.05, 4.69) is 5.16 Å². The molecule has 1 aromatic rings. The second kappa shape index (κ2) is 12.5. The summed E-state index contributed by atoms with van der Waals surface area (Å²) >= 11 is 0. The summed E-state index contributed by atoms with van der Waals surface area (Å²) in [4.78, 5) is 9.33.